The fourth-order valence-electron chi connectivity index (χ4n) is 5.83. The number of esters is 1. The first-order chi connectivity index (χ1) is 14.6. The molecular formula is C24H35N3O3. The van der Waals surface area contributed by atoms with Gasteiger partial charge in [0, 0.05) is 43.7 Å². The molecule has 6 nitrogen and oxygen atoms in total. The van der Waals surface area contributed by atoms with Crippen LogP contribution in [0.25, 0.3) is 0 Å². The number of hydrogen-bond donors (Lipinski definition) is 1. The lowest BCUT2D eigenvalue weighted by Gasteiger charge is -2.60. The van der Waals surface area contributed by atoms with Gasteiger partial charge in [-0.3, -0.25) is 9.69 Å². The first kappa shape index (κ1) is 21.2. The van der Waals surface area contributed by atoms with E-state index in [0.717, 1.165) is 25.9 Å². The van der Waals surface area contributed by atoms with E-state index in [1.165, 1.54) is 37.8 Å². The zero-order valence-corrected chi connectivity index (χ0v) is 18.1. The van der Waals surface area contributed by atoms with Crippen molar-refractivity contribution >= 4 is 12.0 Å². The summed E-state index contributed by atoms with van der Waals surface area (Å²) < 4.78 is 4.91. The lowest BCUT2D eigenvalue weighted by atomic mass is 9.66. The van der Waals surface area contributed by atoms with Crippen molar-refractivity contribution < 1.29 is 14.3 Å². The lowest BCUT2D eigenvalue weighted by molar-refractivity contribution is -0.142. The first-order valence-corrected chi connectivity index (χ1v) is 11.6. The number of likely N-dealkylation sites (tertiary alicyclic amines) is 2. The topological polar surface area (TPSA) is 61.9 Å². The molecule has 2 saturated heterocycles. The van der Waals surface area contributed by atoms with Crippen LogP contribution in [0.3, 0.4) is 0 Å². The highest BCUT2D eigenvalue weighted by atomic mass is 16.5. The van der Waals surface area contributed by atoms with Crippen LogP contribution in [0.2, 0.25) is 0 Å². The minimum absolute atomic E-state index is 0.0618. The van der Waals surface area contributed by atoms with E-state index >= 15 is 0 Å². The number of carbonyl (C=O) groups excluding carboxylic acids is 2. The summed E-state index contributed by atoms with van der Waals surface area (Å²) in [6.45, 7) is 5.27. The number of nitrogens with zero attached hydrogens (tertiary/aromatic N) is 2. The van der Waals surface area contributed by atoms with Gasteiger partial charge in [0.1, 0.15) is 0 Å². The highest BCUT2D eigenvalue weighted by Crippen LogP contribution is 2.59. The van der Waals surface area contributed by atoms with E-state index in [9.17, 15) is 9.59 Å². The highest BCUT2D eigenvalue weighted by Gasteiger charge is 2.55. The molecule has 1 spiro atoms. The largest absolute Gasteiger partial charge is 0.466 e. The summed E-state index contributed by atoms with van der Waals surface area (Å²) >= 11 is 0. The van der Waals surface area contributed by atoms with Crippen molar-refractivity contribution in [3.05, 3.63) is 35.9 Å². The van der Waals surface area contributed by atoms with Crippen molar-refractivity contribution in [1.82, 2.24) is 15.1 Å². The van der Waals surface area contributed by atoms with Crippen molar-refractivity contribution in [2.45, 2.75) is 64.0 Å². The molecular weight excluding hydrogens is 378 g/mol. The zero-order valence-electron chi connectivity index (χ0n) is 18.1. The predicted molar refractivity (Wildman–Crippen MR) is 116 cm³/mol. The molecule has 2 heterocycles. The van der Waals surface area contributed by atoms with Crippen LogP contribution >= 0.6 is 0 Å². The molecule has 30 heavy (non-hydrogen) atoms. The number of piperidine rings is 1. The third-order valence-electron chi connectivity index (χ3n) is 7.26. The smallest absolute Gasteiger partial charge is 0.317 e. The van der Waals surface area contributed by atoms with Crippen LogP contribution < -0.4 is 5.32 Å². The van der Waals surface area contributed by atoms with E-state index in [1.807, 2.05) is 4.90 Å². The quantitative estimate of drug-likeness (QED) is 0.722. The van der Waals surface area contributed by atoms with Crippen LogP contribution in [0, 0.1) is 5.41 Å². The van der Waals surface area contributed by atoms with Gasteiger partial charge in [-0.15, -0.1) is 0 Å². The highest BCUT2D eigenvalue weighted by molar-refractivity contribution is 5.75. The molecule has 1 saturated carbocycles. The third kappa shape index (κ3) is 4.34. The van der Waals surface area contributed by atoms with E-state index in [1.54, 1.807) is 6.92 Å². The number of carbonyl (C=O) groups is 2. The second kappa shape index (κ2) is 9.38. The minimum atomic E-state index is -0.262. The molecule has 1 atom stereocenters. The molecule has 3 fully saturated rings. The van der Waals surface area contributed by atoms with Gasteiger partial charge in [-0.05, 0) is 38.2 Å². The summed E-state index contributed by atoms with van der Waals surface area (Å²) in [6, 6.07) is 12.0. The third-order valence-corrected chi connectivity index (χ3v) is 7.26. The molecule has 2 aliphatic heterocycles. The summed E-state index contributed by atoms with van der Waals surface area (Å²) in [4.78, 5) is 28.5. The van der Waals surface area contributed by atoms with Gasteiger partial charge in [0.25, 0.3) is 0 Å². The maximum Gasteiger partial charge on any atom is 0.317 e. The molecule has 2 amide bonds. The molecule has 1 aliphatic carbocycles. The maximum atomic E-state index is 12.4. The van der Waals surface area contributed by atoms with Crippen molar-refractivity contribution in [3.8, 4) is 0 Å². The van der Waals surface area contributed by atoms with E-state index in [2.05, 4.69) is 40.5 Å². The fourth-order valence-corrected chi connectivity index (χ4v) is 5.83. The van der Waals surface area contributed by atoms with Crippen LogP contribution in [0.1, 0.15) is 63.5 Å². The first-order valence-electron chi connectivity index (χ1n) is 11.6. The van der Waals surface area contributed by atoms with Crippen molar-refractivity contribution in [1.29, 1.82) is 0 Å². The molecule has 0 aromatic heterocycles. The van der Waals surface area contributed by atoms with Gasteiger partial charge in [0.2, 0.25) is 0 Å². The van der Waals surface area contributed by atoms with Crippen LogP contribution in [0.4, 0.5) is 4.79 Å². The number of amides is 2. The Kier molecular flexibility index (Phi) is 6.61. The number of ether oxygens (including phenoxy) is 1. The number of benzene rings is 1. The second-order valence-electron chi connectivity index (χ2n) is 9.06. The Balaban J connectivity index is 1.29. The molecule has 4 rings (SSSR count). The van der Waals surface area contributed by atoms with Crippen molar-refractivity contribution in [2.75, 3.05) is 32.8 Å². The zero-order chi connectivity index (χ0) is 21.0. The molecule has 1 unspecified atom stereocenters. The van der Waals surface area contributed by atoms with E-state index < -0.39 is 0 Å². The van der Waals surface area contributed by atoms with Crippen LogP contribution in [-0.4, -0.2) is 60.6 Å². The van der Waals surface area contributed by atoms with E-state index in [4.69, 9.17) is 4.74 Å². The Labute approximate surface area is 179 Å². The van der Waals surface area contributed by atoms with Gasteiger partial charge in [0.05, 0.1) is 13.0 Å². The summed E-state index contributed by atoms with van der Waals surface area (Å²) in [7, 11) is 0. The summed E-state index contributed by atoms with van der Waals surface area (Å²) in [5, 5.41) is 2.86. The summed E-state index contributed by atoms with van der Waals surface area (Å²) in [5.74, 6) is -0.262. The predicted octanol–water partition coefficient (Wildman–Crippen LogP) is 3.73. The summed E-state index contributed by atoms with van der Waals surface area (Å²) in [5.41, 5.74) is 1.94. The molecule has 1 aromatic carbocycles. The van der Waals surface area contributed by atoms with Crippen LogP contribution in [0.5, 0.6) is 0 Å². The standard InChI is InChI=1S/C24H35N3O3/c1-2-30-21(28)10-15-25-23(29)26-16-11-20(12-17-26)27-18-24(13-6-7-14-24)22(27)19-8-4-3-5-9-19/h3-5,8-9,20,22H,2,6-7,10-18H2,1H3,(H,25,29). The normalized spacial score (nSPS) is 23.9. The Morgan fingerprint density at radius 1 is 1.13 bits per heavy atom. The summed E-state index contributed by atoms with van der Waals surface area (Å²) in [6.07, 6.45) is 7.69. The fraction of sp³-hybridized carbons (Fsp3) is 0.667. The van der Waals surface area contributed by atoms with Crippen LogP contribution in [-0.2, 0) is 9.53 Å². The number of urea groups is 1. The van der Waals surface area contributed by atoms with Gasteiger partial charge in [0.15, 0.2) is 0 Å². The SMILES string of the molecule is CCOC(=O)CCNC(=O)N1CCC(N2CC3(CCCC3)C2c2ccccc2)CC1. The monoisotopic (exact) mass is 413 g/mol. The molecule has 3 aliphatic rings. The number of rotatable bonds is 6. The van der Waals surface area contributed by atoms with Gasteiger partial charge in [-0.2, -0.15) is 0 Å². The second-order valence-corrected chi connectivity index (χ2v) is 9.06. The van der Waals surface area contributed by atoms with Crippen LogP contribution in [0.15, 0.2) is 30.3 Å². The number of nitrogens with one attached hydrogen (secondary N) is 1. The molecule has 164 valence electrons. The molecule has 1 aromatic rings. The molecule has 6 heteroatoms. The molecule has 1 N–H and O–H groups in total. The Bertz CT molecular complexity index is 724. The van der Waals surface area contributed by atoms with E-state index in [-0.39, 0.29) is 18.4 Å². The molecule has 0 bridgehead atoms. The minimum Gasteiger partial charge on any atom is -0.466 e. The Hall–Kier alpha value is -2.08. The average molecular weight is 414 g/mol. The average Bonchev–Trinajstić information content (AvgIpc) is 3.25. The van der Waals surface area contributed by atoms with Crippen molar-refractivity contribution in [3.63, 3.8) is 0 Å². The van der Waals surface area contributed by atoms with Gasteiger partial charge < -0.3 is 15.0 Å². The molecule has 0 radical (unpaired) electrons. The van der Waals surface area contributed by atoms with Crippen molar-refractivity contribution in [2.24, 2.45) is 5.41 Å². The maximum absolute atomic E-state index is 12.4. The lowest BCUT2D eigenvalue weighted by Crippen LogP contribution is -2.62. The van der Waals surface area contributed by atoms with Gasteiger partial charge in [-0.25, -0.2) is 4.79 Å². The van der Waals surface area contributed by atoms with E-state index in [0.29, 0.717) is 30.7 Å². The Morgan fingerprint density at radius 3 is 2.50 bits per heavy atom. The number of hydrogen-bond acceptors (Lipinski definition) is 4. The Morgan fingerprint density at radius 2 is 1.83 bits per heavy atom. The van der Waals surface area contributed by atoms with Gasteiger partial charge >= 0.3 is 12.0 Å². The van der Waals surface area contributed by atoms with Gasteiger partial charge in [-0.1, -0.05) is 43.2 Å².